The second-order valence-electron chi connectivity index (χ2n) is 4.78. The maximum absolute atomic E-state index is 12.0. The van der Waals surface area contributed by atoms with Crippen LogP contribution in [0.1, 0.15) is 30.2 Å². The van der Waals surface area contributed by atoms with Crippen molar-refractivity contribution in [2.75, 3.05) is 6.54 Å². The van der Waals surface area contributed by atoms with Crippen molar-refractivity contribution in [2.45, 2.75) is 26.3 Å². The van der Waals surface area contributed by atoms with Crippen molar-refractivity contribution in [3.63, 3.8) is 0 Å². The molecule has 0 fully saturated rings. The van der Waals surface area contributed by atoms with Crippen LogP contribution in [-0.2, 0) is 0 Å². The molecule has 1 amide bonds. The number of fused-ring (bicyclic) bond motifs is 1. The van der Waals surface area contributed by atoms with Gasteiger partial charge in [-0.05, 0) is 26.8 Å². The van der Waals surface area contributed by atoms with Crippen LogP contribution in [-0.4, -0.2) is 37.6 Å². The van der Waals surface area contributed by atoms with Crippen molar-refractivity contribution >= 4 is 36.5 Å². The molecule has 2 aromatic heterocycles. The number of halogens is 2. The Balaban J connectivity index is 0.00000180. The molecular weight excluding hydrogens is 303 g/mol. The molecule has 2 heterocycles. The van der Waals surface area contributed by atoms with Gasteiger partial charge in [-0.15, -0.1) is 29.9 Å². The van der Waals surface area contributed by atoms with E-state index in [1.807, 2.05) is 20.8 Å². The Morgan fingerprint density at radius 2 is 2.10 bits per heavy atom. The molecule has 2 aromatic rings. The first kappa shape index (κ1) is 18.6. The van der Waals surface area contributed by atoms with Crippen LogP contribution < -0.4 is 11.1 Å². The lowest BCUT2D eigenvalue weighted by molar-refractivity contribution is 0.0905. The third-order valence-corrected chi connectivity index (χ3v) is 2.60. The topological polar surface area (TPSA) is 98.2 Å². The number of nitrogens with one attached hydrogen (secondary N) is 1. The van der Waals surface area contributed by atoms with Crippen molar-refractivity contribution in [3.05, 3.63) is 23.8 Å². The van der Waals surface area contributed by atoms with Gasteiger partial charge in [0, 0.05) is 24.0 Å². The minimum Gasteiger partial charge on any atom is -0.343 e. The van der Waals surface area contributed by atoms with E-state index in [9.17, 15) is 4.79 Å². The van der Waals surface area contributed by atoms with Crippen LogP contribution >= 0.6 is 24.8 Å². The summed E-state index contributed by atoms with van der Waals surface area (Å²) in [6.45, 7) is 5.88. The van der Waals surface area contributed by atoms with Gasteiger partial charge in [-0.2, -0.15) is 4.98 Å². The first-order valence-electron chi connectivity index (χ1n) is 5.64. The van der Waals surface area contributed by atoms with Crippen molar-refractivity contribution in [2.24, 2.45) is 5.73 Å². The summed E-state index contributed by atoms with van der Waals surface area (Å²) in [5.74, 6) is 0.152. The second kappa shape index (κ2) is 6.83. The quantitative estimate of drug-likeness (QED) is 0.869. The molecular formula is C11H18Cl2N6O. The van der Waals surface area contributed by atoms with Gasteiger partial charge in [-0.1, -0.05) is 0 Å². The van der Waals surface area contributed by atoms with Gasteiger partial charge in [0.1, 0.15) is 0 Å². The Kier molecular flexibility index (Phi) is 6.33. The van der Waals surface area contributed by atoms with Crippen molar-refractivity contribution in [1.82, 2.24) is 24.9 Å². The van der Waals surface area contributed by atoms with E-state index in [0.717, 1.165) is 5.69 Å². The normalized spacial score (nSPS) is 10.6. The molecule has 0 radical (unpaired) electrons. The summed E-state index contributed by atoms with van der Waals surface area (Å²) in [6.07, 6.45) is 1.63. The van der Waals surface area contributed by atoms with Crippen molar-refractivity contribution in [1.29, 1.82) is 0 Å². The molecule has 0 bridgehead atoms. The number of aromatic nitrogens is 4. The molecule has 20 heavy (non-hydrogen) atoms. The fourth-order valence-electron chi connectivity index (χ4n) is 1.42. The number of carbonyl (C=O) groups excluding carboxylic acids is 1. The van der Waals surface area contributed by atoms with Gasteiger partial charge in [-0.25, -0.2) is 9.50 Å². The number of carbonyl (C=O) groups is 1. The molecule has 0 saturated carbocycles. The molecule has 0 aliphatic carbocycles. The Morgan fingerprint density at radius 1 is 1.45 bits per heavy atom. The van der Waals surface area contributed by atoms with Gasteiger partial charge in [0.25, 0.3) is 11.7 Å². The molecule has 0 unspecified atom stereocenters. The lowest BCUT2D eigenvalue weighted by atomic mass is 10.1. The van der Waals surface area contributed by atoms with Crippen LogP contribution in [0.4, 0.5) is 0 Å². The molecule has 0 spiro atoms. The largest absolute Gasteiger partial charge is 0.343 e. The Morgan fingerprint density at radius 3 is 2.65 bits per heavy atom. The van der Waals surface area contributed by atoms with E-state index in [2.05, 4.69) is 20.4 Å². The summed E-state index contributed by atoms with van der Waals surface area (Å²) in [5, 5.41) is 6.89. The third kappa shape index (κ3) is 3.78. The summed E-state index contributed by atoms with van der Waals surface area (Å²) in [4.78, 5) is 20.1. The highest BCUT2D eigenvalue weighted by atomic mass is 35.5. The van der Waals surface area contributed by atoms with Crippen molar-refractivity contribution in [3.8, 4) is 0 Å². The van der Waals surface area contributed by atoms with Gasteiger partial charge < -0.3 is 11.1 Å². The monoisotopic (exact) mass is 320 g/mol. The van der Waals surface area contributed by atoms with E-state index in [1.54, 1.807) is 12.3 Å². The standard InChI is InChI=1S/C11H16N6O.2ClH/c1-7-4-5-13-10-14-8(16-17(7)10)9(18)15-11(2,3)6-12;;/h4-5H,6,12H2,1-3H3,(H,15,18);2*1H. The minimum absolute atomic E-state index is 0. The first-order chi connectivity index (χ1) is 8.43. The number of hydrogen-bond acceptors (Lipinski definition) is 5. The van der Waals surface area contributed by atoms with Gasteiger partial charge in [0.15, 0.2) is 0 Å². The summed E-state index contributed by atoms with van der Waals surface area (Å²) < 4.78 is 1.53. The summed E-state index contributed by atoms with van der Waals surface area (Å²) >= 11 is 0. The zero-order chi connectivity index (χ0) is 13.3. The molecule has 112 valence electrons. The fourth-order valence-corrected chi connectivity index (χ4v) is 1.42. The Labute approximate surface area is 129 Å². The molecule has 3 N–H and O–H groups in total. The number of aryl methyl sites for hydroxylation is 1. The molecule has 0 aliphatic rings. The van der Waals surface area contributed by atoms with E-state index in [4.69, 9.17) is 5.73 Å². The molecule has 0 atom stereocenters. The maximum atomic E-state index is 12.0. The lowest BCUT2D eigenvalue weighted by Gasteiger charge is -2.23. The van der Waals surface area contributed by atoms with E-state index in [0.29, 0.717) is 12.3 Å². The van der Waals surface area contributed by atoms with E-state index in [-0.39, 0.29) is 36.5 Å². The average Bonchev–Trinajstić information content (AvgIpc) is 2.74. The highest BCUT2D eigenvalue weighted by molar-refractivity contribution is 5.91. The number of amides is 1. The van der Waals surface area contributed by atoms with Crippen LogP contribution in [0.25, 0.3) is 5.78 Å². The predicted molar refractivity (Wildman–Crippen MR) is 80.6 cm³/mol. The lowest BCUT2D eigenvalue weighted by Crippen LogP contribution is -2.49. The molecule has 0 aromatic carbocycles. The summed E-state index contributed by atoms with van der Waals surface area (Å²) in [7, 11) is 0. The molecule has 9 heteroatoms. The number of rotatable bonds is 3. The van der Waals surface area contributed by atoms with Crippen molar-refractivity contribution < 1.29 is 4.79 Å². The van der Waals surface area contributed by atoms with Gasteiger partial charge in [0.05, 0.1) is 0 Å². The van der Waals surface area contributed by atoms with Gasteiger partial charge in [-0.3, -0.25) is 4.79 Å². The SMILES string of the molecule is Cc1ccnc2nc(C(=O)NC(C)(C)CN)nn12.Cl.Cl. The highest BCUT2D eigenvalue weighted by Gasteiger charge is 2.22. The van der Waals surface area contributed by atoms with Crippen LogP contribution in [0.3, 0.4) is 0 Å². The van der Waals surface area contributed by atoms with Crippen LogP contribution in [0.2, 0.25) is 0 Å². The Bertz CT molecular complexity index is 598. The van der Waals surface area contributed by atoms with Crippen LogP contribution in [0.15, 0.2) is 12.3 Å². The number of hydrogen-bond donors (Lipinski definition) is 2. The molecule has 2 rings (SSSR count). The second-order valence-corrected chi connectivity index (χ2v) is 4.78. The van der Waals surface area contributed by atoms with Gasteiger partial charge >= 0.3 is 0 Å². The third-order valence-electron chi connectivity index (χ3n) is 2.60. The smallest absolute Gasteiger partial charge is 0.291 e. The summed E-state index contributed by atoms with van der Waals surface area (Å²) in [6, 6.07) is 1.80. The number of nitrogens with zero attached hydrogens (tertiary/aromatic N) is 4. The van der Waals surface area contributed by atoms with E-state index >= 15 is 0 Å². The van der Waals surface area contributed by atoms with Crippen LogP contribution in [0.5, 0.6) is 0 Å². The Hall–Kier alpha value is -1.44. The van der Waals surface area contributed by atoms with E-state index in [1.165, 1.54) is 4.52 Å². The van der Waals surface area contributed by atoms with Crippen LogP contribution in [0, 0.1) is 6.92 Å². The molecule has 0 aliphatic heterocycles. The minimum atomic E-state index is -0.489. The van der Waals surface area contributed by atoms with E-state index < -0.39 is 5.54 Å². The predicted octanol–water partition coefficient (Wildman–Crippen LogP) is 0.743. The summed E-state index contributed by atoms with van der Waals surface area (Å²) in [5.41, 5.74) is 5.94. The zero-order valence-electron chi connectivity index (χ0n) is 11.5. The van der Waals surface area contributed by atoms with Gasteiger partial charge in [0.2, 0.25) is 5.82 Å². The molecule has 0 saturated heterocycles. The fraction of sp³-hybridized carbons (Fsp3) is 0.455. The number of nitrogens with two attached hydrogens (primary N) is 1. The average molecular weight is 321 g/mol. The first-order valence-corrected chi connectivity index (χ1v) is 5.64. The maximum Gasteiger partial charge on any atom is 0.291 e. The highest BCUT2D eigenvalue weighted by Crippen LogP contribution is 2.04. The zero-order valence-corrected chi connectivity index (χ0v) is 13.1. The molecule has 7 nitrogen and oxygen atoms in total.